The Morgan fingerprint density at radius 2 is 1.03 bits per heavy atom. The fourth-order valence-electron chi connectivity index (χ4n) is 4.82. The number of alkyl halides is 6. The molecule has 0 saturated carbocycles. The molecule has 4 rings (SSSR count). The smallest absolute Gasteiger partial charge is 0.380 e. The first-order chi connectivity index (χ1) is 16.5. The van der Waals surface area contributed by atoms with Gasteiger partial charge in [-0.15, -0.1) is 0 Å². The van der Waals surface area contributed by atoms with E-state index in [9.17, 15) is 31.4 Å². The SMILES string of the molecule is OC(c1ccc(C(F)(F)F)cc1)(c1ccc(C(F)(F)F)cc1)C1CCN(Cc2ccccc2)CC1. The molecule has 1 N–H and O–H groups in total. The summed E-state index contributed by atoms with van der Waals surface area (Å²) in [5.41, 5.74) is -1.83. The van der Waals surface area contributed by atoms with Crippen LogP contribution in [0.5, 0.6) is 0 Å². The molecule has 3 aromatic carbocycles. The van der Waals surface area contributed by atoms with Crippen molar-refractivity contribution in [3.8, 4) is 0 Å². The highest BCUT2D eigenvalue weighted by molar-refractivity contribution is 5.40. The summed E-state index contributed by atoms with van der Waals surface area (Å²) in [5.74, 6) is -0.386. The van der Waals surface area contributed by atoms with Crippen LogP contribution in [-0.2, 0) is 24.5 Å². The first kappa shape index (κ1) is 25.3. The zero-order chi connectivity index (χ0) is 25.3. The van der Waals surface area contributed by atoms with E-state index in [2.05, 4.69) is 4.90 Å². The van der Waals surface area contributed by atoms with Crippen LogP contribution in [0.1, 0.15) is 40.7 Å². The van der Waals surface area contributed by atoms with Crippen LogP contribution in [-0.4, -0.2) is 23.1 Å². The molecule has 1 fully saturated rings. The highest BCUT2D eigenvalue weighted by Gasteiger charge is 2.43. The lowest BCUT2D eigenvalue weighted by molar-refractivity contribution is -0.138. The summed E-state index contributed by atoms with van der Waals surface area (Å²) in [6, 6.07) is 18.4. The molecule has 0 radical (unpaired) electrons. The minimum Gasteiger partial charge on any atom is -0.380 e. The average molecular weight is 493 g/mol. The Morgan fingerprint density at radius 3 is 1.43 bits per heavy atom. The van der Waals surface area contributed by atoms with Crippen molar-refractivity contribution in [3.63, 3.8) is 0 Å². The maximum atomic E-state index is 13.1. The van der Waals surface area contributed by atoms with Gasteiger partial charge in [0.15, 0.2) is 0 Å². The van der Waals surface area contributed by atoms with Crippen molar-refractivity contribution in [1.29, 1.82) is 0 Å². The molecule has 0 aromatic heterocycles. The van der Waals surface area contributed by atoms with Crippen LogP contribution in [0.25, 0.3) is 0 Å². The van der Waals surface area contributed by atoms with E-state index in [1.54, 1.807) is 0 Å². The number of hydrogen-bond donors (Lipinski definition) is 1. The normalized spacial score (nSPS) is 16.4. The lowest BCUT2D eigenvalue weighted by Gasteiger charge is -2.42. The average Bonchev–Trinajstić information content (AvgIpc) is 2.84. The van der Waals surface area contributed by atoms with E-state index in [4.69, 9.17) is 0 Å². The molecule has 0 amide bonds. The molecule has 0 unspecified atom stereocenters. The van der Waals surface area contributed by atoms with Crippen LogP contribution in [0.4, 0.5) is 26.3 Å². The predicted molar refractivity (Wildman–Crippen MR) is 120 cm³/mol. The fourth-order valence-corrected chi connectivity index (χ4v) is 4.82. The largest absolute Gasteiger partial charge is 0.416 e. The Labute approximate surface area is 199 Å². The number of nitrogens with zero attached hydrogens (tertiary/aromatic N) is 1. The fraction of sp³-hybridized carbons (Fsp3) is 0.333. The molecule has 35 heavy (non-hydrogen) atoms. The Hall–Kier alpha value is -2.84. The summed E-state index contributed by atoms with van der Waals surface area (Å²) in [6.45, 7) is 2.01. The molecule has 0 atom stereocenters. The van der Waals surface area contributed by atoms with Crippen LogP contribution < -0.4 is 0 Å². The predicted octanol–water partition coefficient (Wildman–Crippen LogP) is 6.87. The quantitative estimate of drug-likeness (QED) is 0.392. The minimum absolute atomic E-state index is 0.228. The number of hydrogen-bond acceptors (Lipinski definition) is 2. The van der Waals surface area contributed by atoms with Gasteiger partial charge in [0.25, 0.3) is 0 Å². The molecule has 0 spiro atoms. The molecule has 3 aromatic rings. The molecule has 186 valence electrons. The Kier molecular flexibility index (Phi) is 6.97. The molecule has 8 heteroatoms. The van der Waals surface area contributed by atoms with Crippen LogP contribution in [0.2, 0.25) is 0 Å². The molecular formula is C27H25F6NO. The zero-order valence-corrected chi connectivity index (χ0v) is 18.8. The van der Waals surface area contributed by atoms with E-state index < -0.39 is 29.1 Å². The first-order valence-electron chi connectivity index (χ1n) is 11.3. The highest BCUT2D eigenvalue weighted by Crippen LogP contribution is 2.44. The maximum Gasteiger partial charge on any atom is 0.416 e. The summed E-state index contributed by atoms with van der Waals surface area (Å²) in [7, 11) is 0. The maximum absolute atomic E-state index is 13.1. The number of benzene rings is 3. The van der Waals surface area contributed by atoms with Crippen molar-refractivity contribution in [1.82, 2.24) is 4.90 Å². The van der Waals surface area contributed by atoms with Crippen molar-refractivity contribution in [2.45, 2.75) is 37.3 Å². The number of piperidine rings is 1. The third-order valence-corrected chi connectivity index (χ3v) is 6.73. The summed E-state index contributed by atoms with van der Waals surface area (Å²) in [4.78, 5) is 2.23. The minimum atomic E-state index is -4.53. The number of aliphatic hydroxyl groups is 1. The van der Waals surface area contributed by atoms with Gasteiger partial charge in [-0.1, -0.05) is 54.6 Å². The lowest BCUT2D eigenvalue weighted by Crippen LogP contribution is -2.44. The van der Waals surface area contributed by atoms with E-state index >= 15 is 0 Å². The molecule has 1 aliphatic heterocycles. The first-order valence-corrected chi connectivity index (χ1v) is 11.3. The third-order valence-electron chi connectivity index (χ3n) is 6.73. The monoisotopic (exact) mass is 493 g/mol. The second-order valence-corrected chi connectivity index (χ2v) is 8.95. The van der Waals surface area contributed by atoms with Crippen LogP contribution in [0.15, 0.2) is 78.9 Å². The van der Waals surface area contributed by atoms with Crippen molar-refractivity contribution >= 4 is 0 Å². The van der Waals surface area contributed by atoms with E-state index in [0.29, 0.717) is 25.9 Å². The van der Waals surface area contributed by atoms with Crippen molar-refractivity contribution < 1.29 is 31.4 Å². The molecule has 1 aliphatic rings. The van der Waals surface area contributed by atoms with Crippen LogP contribution >= 0.6 is 0 Å². The van der Waals surface area contributed by atoms with Crippen molar-refractivity contribution in [2.24, 2.45) is 5.92 Å². The van der Waals surface area contributed by atoms with Gasteiger partial charge in [0.05, 0.1) is 11.1 Å². The van der Waals surface area contributed by atoms with Crippen LogP contribution in [0, 0.1) is 5.92 Å². The van der Waals surface area contributed by atoms with Gasteiger partial charge in [-0.25, -0.2) is 0 Å². The molecule has 0 aliphatic carbocycles. The van der Waals surface area contributed by atoms with E-state index in [0.717, 1.165) is 36.4 Å². The number of likely N-dealkylation sites (tertiary alicyclic amines) is 1. The van der Waals surface area contributed by atoms with Gasteiger partial charge in [0.1, 0.15) is 5.60 Å². The van der Waals surface area contributed by atoms with Crippen molar-refractivity contribution in [2.75, 3.05) is 13.1 Å². The lowest BCUT2D eigenvalue weighted by atomic mass is 9.71. The van der Waals surface area contributed by atoms with Crippen LogP contribution in [0.3, 0.4) is 0 Å². The summed E-state index contributed by atoms with van der Waals surface area (Å²) >= 11 is 0. The van der Waals surface area contributed by atoms with E-state index in [-0.39, 0.29) is 17.0 Å². The Balaban J connectivity index is 1.63. The third kappa shape index (κ3) is 5.54. The Bertz CT molecular complexity index is 1040. The van der Waals surface area contributed by atoms with Crippen molar-refractivity contribution in [3.05, 3.63) is 107 Å². The molecule has 0 bridgehead atoms. The van der Waals surface area contributed by atoms with E-state index in [1.165, 1.54) is 24.3 Å². The second kappa shape index (κ2) is 9.66. The highest BCUT2D eigenvalue weighted by atomic mass is 19.4. The second-order valence-electron chi connectivity index (χ2n) is 8.95. The summed E-state index contributed by atoms with van der Waals surface area (Å²) in [6.07, 6.45) is -8.00. The van der Waals surface area contributed by atoms with E-state index in [1.807, 2.05) is 30.3 Å². The molecule has 2 nitrogen and oxygen atoms in total. The summed E-state index contributed by atoms with van der Waals surface area (Å²) in [5, 5.41) is 12.0. The van der Waals surface area contributed by atoms with Gasteiger partial charge in [-0.05, 0) is 72.8 Å². The van der Waals surface area contributed by atoms with Gasteiger partial charge >= 0.3 is 12.4 Å². The number of rotatable bonds is 5. The molecule has 1 saturated heterocycles. The van der Waals surface area contributed by atoms with Gasteiger partial charge in [0.2, 0.25) is 0 Å². The molecular weight excluding hydrogens is 468 g/mol. The number of halogens is 6. The molecule has 1 heterocycles. The van der Waals surface area contributed by atoms with Gasteiger partial charge < -0.3 is 5.11 Å². The summed E-state index contributed by atoms with van der Waals surface area (Å²) < 4.78 is 78.6. The zero-order valence-electron chi connectivity index (χ0n) is 18.8. The Morgan fingerprint density at radius 1 is 0.629 bits per heavy atom. The van der Waals surface area contributed by atoms with Gasteiger partial charge in [-0.3, -0.25) is 4.90 Å². The van der Waals surface area contributed by atoms with Gasteiger partial charge in [-0.2, -0.15) is 26.3 Å². The topological polar surface area (TPSA) is 23.5 Å². The standard InChI is InChI=1S/C27H25F6NO/c28-26(29,30)23-10-6-20(7-11-23)25(35,21-8-12-24(13-9-21)27(31,32)33)22-14-16-34(17-15-22)18-19-4-2-1-3-5-19/h1-13,22,35H,14-18H2. The van der Waals surface area contributed by atoms with Gasteiger partial charge in [0, 0.05) is 6.54 Å².